The van der Waals surface area contributed by atoms with E-state index in [4.69, 9.17) is 4.42 Å². The summed E-state index contributed by atoms with van der Waals surface area (Å²) in [5.41, 5.74) is 12.4. The smallest absolute Gasteiger partial charge is 0.135 e. The fourth-order valence-electron chi connectivity index (χ4n) is 9.44. The molecule has 0 saturated heterocycles. The number of para-hydroxylation sites is 1. The minimum absolute atomic E-state index is 0.868. The molecule has 0 aliphatic heterocycles. The molecule has 2 heteroatoms. The summed E-state index contributed by atoms with van der Waals surface area (Å²) in [6.07, 6.45) is 0. The second-order valence-corrected chi connectivity index (χ2v) is 16.1. The Morgan fingerprint density at radius 1 is 0.274 bits per heavy atom. The van der Waals surface area contributed by atoms with Gasteiger partial charge in [0.05, 0.1) is 11.4 Å². The molecule has 1 aromatic heterocycles. The lowest BCUT2D eigenvalue weighted by Crippen LogP contribution is -2.11. The number of benzene rings is 11. The standard InChI is InChI=1S/C60H39NO/c1-4-19-49-42(13-1)16-12-25-50(49)43-29-27-40(28-30-43)41-31-33-48(34-32-41)61(58-38-45-14-2-5-20-51(45)53-21-7-9-24-56(53)58)57-36-35-52(54-22-6-8-23-55(54)57)44-17-11-18-46(37-44)60-39-47-15-3-10-26-59(47)62-60/h1-39H. The van der Waals surface area contributed by atoms with Gasteiger partial charge in [0.25, 0.3) is 0 Å². The van der Waals surface area contributed by atoms with Crippen LogP contribution in [0.15, 0.2) is 241 Å². The van der Waals surface area contributed by atoms with Gasteiger partial charge in [0.1, 0.15) is 11.3 Å². The fourth-order valence-corrected chi connectivity index (χ4v) is 9.44. The summed E-state index contributed by atoms with van der Waals surface area (Å²) in [6.45, 7) is 0. The summed E-state index contributed by atoms with van der Waals surface area (Å²) in [5.74, 6) is 0.868. The highest BCUT2D eigenvalue weighted by atomic mass is 16.3. The van der Waals surface area contributed by atoms with E-state index in [0.717, 1.165) is 44.9 Å². The van der Waals surface area contributed by atoms with Gasteiger partial charge in [0, 0.05) is 27.4 Å². The molecule has 0 amide bonds. The van der Waals surface area contributed by atoms with Crippen LogP contribution in [0.1, 0.15) is 0 Å². The molecule has 2 nitrogen and oxygen atoms in total. The molecule has 0 aliphatic carbocycles. The Morgan fingerprint density at radius 3 is 1.60 bits per heavy atom. The molecule has 0 aliphatic rings. The van der Waals surface area contributed by atoms with Gasteiger partial charge in [-0.25, -0.2) is 0 Å². The molecule has 0 bridgehead atoms. The first-order valence-electron chi connectivity index (χ1n) is 21.2. The lowest BCUT2D eigenvalue weighted by atomic mass is 9.94. The van der Waals surface area contributed by atoms with Crippen LogP contribution in [0.5, 0.6) is 0 Å². The average Bonchev–Trinajstić information content (AvgIpc) is 3.79. The summed E-state index contributed by atoms with van der Waals surface area (Å²) in [4.78, 5) is 2.46. The Kier molecular flexibility index (Phi) is 8.53. The first kappa shape index (κ1) is 35.7. The zero-order valence-electron chi connectivity index (χ0n) is 33.9. The second-order valence-electron chi connectivity index (χ2n) is 16.1. The third-order valence-electron chi connectivity index (χ3n) is 12.5. The summed E-state index contributed by atoms with van der Waals surface area (Å²) in [5, 5.41) is 10.9. The van der Waals surface area contributed by atoms with Crippen LogP contribution >= 0.6 is 0 Å². The Hall–Kier alpha value is -8.20. The van der Waals surface area contributed by atoms with E-state index in [9.17, 15) is 0 Å². The molecule has 0 saturated carbocycles. The lowest BCUT2D eigenvalue weighted by Gasteiger charge is -2.29. The van der Waals surface area contributed by atoms with Crippen molar-refractivity contribution in [3.8, 4) is 44.7 Å². The number of hydrogen-bond acceptors (Lipinski definition) is 2. The number of furan rings is 1. The van der Waals surface area contributed by atoms with Crippen LogP contribution in [-0.2, 0) is 0 Å². The first-order valence-corrected chi connectivity index (χ1v) is 21.2. The molecule has 11 aromatic carbocycles. The van der Waals surface area contributed by atoms with Crippen molar-refractivity contribution in [2.24, 2.45) is 0 Å². The molecule has 0 spiro atoms. The number of nitrogens with zero attached hydrogens (tertiary/aromatic N) is 1. The molecule has 0 unspecified atom stereocenters. The van der Waals surface area contributed by atoms with Gasteiger partial charge in [0.2, 0.25) is 0 Å². The van der Waals surface area contributed by atoms with E-state index in [2.05, 4.69) is 229 Å². The van der Waals surface area contributed by atoms with E-state index in [1.807, 2.05) is 12.1 Å². The molecule has 0 N–H and O–H groups in total. The minimum Gasteiger partial charge on any atom is -0.456 e. The Morgan fingerprint density at radius 2 is 0.823 bits per heavy atom. The Balaban J connectivity index is 0.992. The zero-order valence-corrected chi connectivity index (χ0v) is 33.9. The van der Waals surface area contributed by atoms with Gasteiger partial charge < -0.3 is 9.32 Å². The van der Waals surface area contributed by atoms with Gasteiger partial charge in [0.15, 0.2) is 0 Å². The van der Waals surface area contributed by atoms with Gasteiger partial charge in [-0.3, -0.25) is 0 Å². The average molecular weight is 790 g/mol. The van der Waals surface area contributed by atoms with Gasteiger partial charge in [-0.2, -0.15) is 0 Å². The van der Waals surface area contributed by atoms with E-state index >= 15 is 0 Å². The van der Waals surface area contributed by atoms with E-state index in [0.29, 0.717) is 0 Å². The predicted molar refractivity (Wildman–Crippen MR) is 263 cm³/mol. The highest BCUT2D eigenvalue weighted by Gasteiger charge is 2.21. The highest BCUT2D eigenvalue weighted by molar-refractivity contribution is 6.16. The van der Waals surface area contributed by atoms with Gasteiger partial charge in [-0.15, -0.1) is 0 Å². The van der Waals surface area contributed by atoms with Crippen LogP contribution in [0, 0.1) is 0 Å². The summed E-state index contributed by atoms with van der Waals surface area (Å²) in [7, 11) is 0. The monoisotopic (exact) mass is 789 g/mol. The largest absolute Gasteiger partial charge is 0.456 e. The summed E-state index contributed by atoms with van der Waals surface area (Å²) >= 11 is 0. The van der Waals surface area contributed by atoms with Crippen molar-refractivity contribution < 1.29 is 4.42 Å². The maximum atomic E-state index is 6.31. The quantitative estimate of drug-likeness (QED) is 0.150. The van der Waals surface area contributed by atoms with E-state index in [1.165, 1.54) is 70.9 Å². The SMILES string of the molecule is c1cc(-c2cc3ccccc3o2)cc(-c2ccc(N(c3ccc(-c4ccc(-c5cccc6ccccc56)cc4)cc3)c3cc4ccccc4c4ccccc34)c3ccccc23)c1. The normalized spacial score (nSPS) is 11.5. The zero-order chi connectivity index (χ0) is 41.0. The summed E-state index contributed by atoms with van der Waals surface area (Å²) < 4.78 is 6.31. The highest BCUT2D eigenvalue weighted by Crippen LogP contribution is 2.46. The third kappa shape index (κ3) is 6.12. The van der Waals surface area contributed by atoms with E-state index < -0.39 is 0 Å². The molecule has 0 fully saturated rings. The van der Waals surface area contributed by atoms with Crippen LogP contribution in [0.25, 0.3) is 98.8 Å². The summed E-state index contributed by atoms with van der Waals surface area (Å²) in [6, 6.07) is 85.6. The van der Waals surface area contributed by atoms with Crippen LogP contribution < -0.4 is 4.90 Å². The molecule has 0 radical (unpaired) electrons. The van der Waals surface area contributed by atoms with Crippen molar-refractivity contribution in [3.05, 3.63) is 237 Å². The number of rotatable bonds is 7. The van der Waals surface area contributed by atoms with Crippen molar-refractivity contribution in [3.63, 3.8) is 0 Å². The molecular weight excluding hydrogens is 751 g/mol. The Labute approximate surface area is 360 Å². The van der Waals surface area contributed by atoms with Gasteiger partial charge in [-0.1, -0.05) is 194 Å². The molecule has 1 heterocycles. The molecular formula is C60H39NO. The fraction of sp³-hybridized carbons (Fsp3) is 0. The van der Waals surface area contributed by atoms with Crippen LogP contribution in [0.2, 0.25) is 0 Å². The number of fused-ring (bicyclic) bond motifs is 6. The van der Waals surface area contributed by atoms with Crippen LogP contribution in [0.4, 0.5) is 17.1 Å². The maximum Gasteiger partial charge on any atom is 0.135 e. The molecule has 290 valence electrons. The molecule has 0 atom stereocenters. The topological polar surface area (TPSA) is 16.4 Å². The van der Waals surface area contributed by atoms with Gasteiger partial charge in [-0.05, 0) is 108 Å². The third-order valence-corrected chi connectivity index (χ3v) is 12.5. The maximum absolute atomic E-state index is 6.31. The number of anilines is 3. The second kappa shape index (κ2) is 14.8. The first-order chi connectivity index (χ1) is 30.7. The Bertz CT molecular complexity index is 3600. The van der Waals surface area contributed by atoms with Crippen molar-refractivity contribution in [2.45, 2.75) is 0 Å². The minimum atomic E-state index is 0.868. The van der Waals surface area contributed by atoms with E-state index in [1.54, 1.807) is 0 Å². The predicted octanol–water partition coefficient (Wildman–Crippen LogP) is 17.2. The molecule has 62 heavy (non-hydrogen) atoms. The van der Waals surface area contributed by atoms with Crippen molar-refractivity contribution >= 4 is 71.1 Å². The van der Waals surface area contributed by atoms with Crippen molar-refractivity contribution in [1.29, 1.82) is 0 Å². The molecule has 12 rings (SSSR count). The van der Waals surface area contributed by atoms with Gasteiger partial charge >= 0.3 is 0 Å². The lowest BCUT2D eigenvalue weighted by molar-refractivity contribution is 0.631. The number of hydrogen-bond donors (Lipinski definition) is 0. The molecule has 12 aromatic rings. The van der Waals surface area contributed by atoms with Crippen molar-refractivity contribution in [2.75, 3.05) is 4.90 Å². The van der Waals surface area contributed by atoms with Crippen LogP contribution in [-0.4, -0.2) is 0 Å². The van der Waals surface area contributed by atoms with E-state index in [-0.39, 0.29) is 0 Å². The van der Waals surface area contributed by atoms with Crippen molar-refractivity contribution in [1.82, 2.24) is 0 Å². The van der Waals surface area contributed by atoms with Crippen LogP contribution in [0.3, 0.4) is 0 Å².